The summed E-state index contributed by atoms with van der Waals surface area (Å²) in [5.41, 5.74) is 3.79. The van der Waals surface area contributed by atoms with Crippen LogP contribution >= 0.6 is 12.4 Å². The Kier molecular flexibility index (Phi) is 7.83. The number of hydrogen-bond acceptors (Lipinski definition) is 2. The molecule has 1 saturated heterocycles. The van der Waals surface area contributed by atoms with Gasteiger partial charge in [0.15, 0.2) is 0 Å². The lowest BCUT2D eigenvalue weighted by atomic mass is 9.60. The lowest BCUT2D eigenvalue weighted by Gasteiger charge is -2.46. The van der Waals surface area contributed by atoms with Crippen molar-refractivity contribution < 1.29 is 4.39 Å². The van der Waals surface area contributed by atoms with E-state index in [0.29, 0.717) is 23.2 Å². The number of piperazine rings is 1. The van der Waals surface area contributed by atoms with Gasteiger partial charge in [-0.2, -0.15) is 0 Å². The van der Waals surface area contributed by atoms with Gasteiger partial charge >= 0.3 is 0 Å². The quantitative estimate of drug-likeness (QED) is 0.562. The van der Waals surface area contributed by atoms with Crippen LogP contribution in [-0.2, 0) is 0 Å². The lowest BCUT2D eigenvalue weighted by molar-refractivity contribution is 0.0969. The minimum Gasteiger partial charge on any atom is -0.369 e. The molecule has 1 aliphatic heterocycles. The van der Waals surface area contributed by atoms with Gasteiger partial charge in [-0.1, -0.05) is 45.9 Å². The highest BCUT2D eigenvalue weighted by molar-refractivity contribution is 5.85. The normalized spacial score (nSPS) is 23.9. The summed E-state index contributed by atoms with van der Waals surface area (Å²) in [6.45, 7) is 16.5. The zero-order valence-electron chi connectivity index (χ0n) is 18.5. The highest BCUT2D eigenvalue weighted by Crippen LogP contribution is 2.53. The summed E-state index contributed by atoms with van der Waals surface area (Å²) in [6.07, 6.45) is 3.83. The predicted octanol–water partition coefficient (Wildman–Crippen LogP) is 6.30. The van der Waals surface area contributed by atoms with E-state index in [2.05, 4.69) is 61.8 Å². The van der Waals surface area contributed by atoms with Gasteiger partial charge in [0.25, 0.3) is 0 Å². The molecule has 4 heteroatoms. The van der Waals surface area contributed by atoms with Crippen molar-refractivity contribution in [2.45, 2.75) is 72.4 Å². The maximum absolute atomic E-state index is 13.1. The summed E-state index contributed by atoms with van der Waals surface area (Å²) in [5.74, 6) is 0.644. The molecule has 1 aliphatic carbocycles. The second kappa shape index (κ2) is 9.34. The van der Waals surface area contributed by atoms with Crippen LogP contribution in [0.4, 0.5) is 10.1 Å². The second-order valence-electron chi connectivity index (χ2n) is 10.6. The van der Waals surface area contributed by atoms with E-state index in [0.717, 1.165) is 32.7 Å². The zero-order chi connectivity index (χ0) is 19.7. The fourth-order valence-corrected chi connectivity index (χ4v) is 5.76. The molecule has 160 valence electrons. The Morgan fingerprint density at radius 3 is 2.14 bits per heavy atom. The van der Waals surface area contributed by atoms with Gasteiger partial charge in [0.05, 0.1) is 6.17 Å². The molecule has 1 aromatic carbocycles. The second-order valence-corrected chi connectivity index (χ2v) is 10.6. The molecule has 3 rings (SSSR count). The third-order valence-electron chi connectivity index (χ3n) is 6.49. The van der Waals surface area contributed by atoms with Gasteiger partial charge in [-0.25, -0.2) is 4.39 Å². The van der Waals surface area contributed by atoms with Crippen LogP contribution in [0, 0.1) is 10.8 Å². The molecule has 0 bridgehead atoms. The molecule has 1 unspecified atom stereocenters. The van der Waals surface area contributed by atoms with Crippen molar-refractivity contribution in [1.82, 2.24) is 4.90 Å². The predicted molar refractivity (Wildman–Crippen MR) is 122 cm³/mol. The molecular formula is C24H40ClFN2. The number of halogens is 2. The third kappa shape index (κ3) is 6.10. The monoisotopic (exact) mass is 410 g/mol. The van der Waals surface area contributed by atoms with E-state index < -0.39 is 6.17 Å². The Balaban J connectivity index is 0.00000280. The summed E-state index contributed by atoms with van der Waals surface area (Å²) in [5, 5.41) is 0. The highest BCUT2D eigenvalue weighted by Gasteiger charge is 2.39. The summed E-state index contributed by atoms with van der Waals surface area (Å²) in [4.78, 5) is 4.99. The minimum absolute atomic E-state index is 0. The van der Waals surface area contributed by atoms with Crippen molar-refractivity contribution in [2.24, 2.45) is 10.8 Å². The molecule has 0 spiro atoms. The first-order valence-corrected chi connectivity index (χ1v) is 10.9. The van der Waals surface area contributed by atoms with Gasteiger partial charge in [0.2, 0.25) is 0 Å². The van der Waals surface area contributed by atoms with Gasteiger partial charge in [0.1, 0.15) is 0 Å². The summed E-state index contributed by atoms with van der Waals surface area (Å²) in [6, 6.07) is 9.10. The van der Waals surface area contributed by atoms with Crippen molar-refractivity contribution in [3.05, 3.63) is 29.8 Å². The van der Waals surface area contributed by atoms with Gasteiger partial charge in [-0.15, -0.1) is 12.4 Å². The Morgan fingerprint density at radius 2 is 1.57 bits per heavy atom. The molecule has 0 N–H and O–H groups in total. The molecule has 2 fully saturated rings. The van der Waals surface area contributed by atoms with E-state index in [-0.39, 0.29) is 12.4 Å². The zero-order valence-corrected chi connectivity index (χ0v) is 19.3. The SMILES string of the molecule is CC(F)CCN1CCN(c2ccccc2C2CC(C)(C)CC(C)(C)C2)CC1.Cl. The smallest absolute Gasteiger partial charge is 0.0985 e. The maximum atomic E-state index is 13.1. The molecule has 0 amide bonds. The maximum Gasteiger partial charge on any atom is 0.0985 e. The van der Waals surface area contributed by atoms with Crippen LogP contribution in [-0.4, -0.2) is 43.8 Å². The fourth-order valence-electron chi connectivity index (χ4n) is 5.76. The highest BCUT2D eigenvalue weighted by atomic mass is 35.5. The minimum atomic E-state index is -0.693. The van der Waals surface area contributed by atoms with Crippen molar-refractivity contribution >= 4 is 18.1 Å². The average Bonchev–Trinajstić information content (AvgIpc) is 2.58. The molecule has 28 heavy (non-hydrogen) atoms. The Morgan fingerprint density at radius 1 is 1.00 bits per heavy atom. The largest absolute Gasteiger partial charge is 0.369 e. The van der Waals surface area contributed by atoms with E-state index in [1.807, 2.05) is 0 Å². The molecule has 2 nitrogen and oxygen atoms in total. The van der Waals surface area contributed by atoms with Crippen molar-refractivity contribution in [2.75, 3.05) is 37.6 Å². The van der Waals surface area contributed by atoms with E-state index in [9.17, 15) is 4.39 Å². The first kappa shape index (κ1) is 23.5. The summed E-state index contributed by atoms with van der Waals surface area (Å²) in [7, 11) is 0. The number of hydrogen-bond donors (Lipinski definition) is 0. The summed E-state index contributed by atoms with van der Waals surface area (Å²) < 4.78 is 13.1. The number of alkyl halides is 1. The Bertz CT molecular complexity index is 605. The summed E-state index contributed by atoms with van der Waals surface area (Å²) >= 11 is 0. The molecule has 1 atom stereocenters. The number of anilines is 1. The molecule has 2 aliphatic rings. The van der Waals surface area contributed by atoms with Crippen molar-refractivity contribution in [1.29, 1.82) is 0 Å². The molecule has 0 radical (unpaired) electrons. The van der Waals surface area contributed by atoms with Crippen LogP contribution in [0.5, 0.6) is 0 Å². The molecule has 1 heterocycles. The number of para-hydroxylation sites is 1. The standard InChI is InChI=1S/C24H39FN2.ClH/c1-19(25)10-11-26-12-14-27(15-13-26)22-9-7-6-8-21(22)20-16-23(2,3)18-24(4,5)17-20;/h6-9,19-20H,10-18H2,1-5H3;1H. The lowest BCUT2D eigenvalue weighted by Crippen LogP contribution is -2.47. The average molecular weight is 411 g/mol. The molecular weight excluding hydrogens is 371 g/mol. The van der Waals surface area contributed by atoms with Crippen molar-refractivity contribution in [3.8, 4) is 0 Å². The third-order valence-corrected chi connectivity index (χ3v) is 6.49. The Labute approximate surface area is 178 Å². The van der Waals surface area contributed by atoms with E-state index >= 15 is 0 Å². The number of nitrogens with zero attached hydrogens (tertiary/aromatic N) is 2. The van der Waals surface area contributed by atoms with Crippen LogP contribution in [0.25, 0.3) is 0 Å². The molecule has 0 aromatic heterocycles. The van der Waals surface area contributed by atoms with Crippen LogP contribution < -0.4 is 4.90 Å². The van der Waals surface area contributed by atoms with Crippen molar-refractivity contribution in [3.63, 3.8) is 0 Å². The van der Waals surface area contributed by atoms with Gasteiger partial charge in [-0.05, 0) is 61.0 Å². The first-order valence-electron chi connectivity index (χ1n) is 10.9. The molecule has 1 aromatic rings. The fraction of sp³-hybridized carbons (Fsp3) is 0.750. The van der Waals surface area contributed by atoms with E-state index in [1.54, 1.807) is 12.5 Å². The Hall–Kier alpha value is -0.800. The van der Waals surface area contributed by atoms with Crippen LogP contribution in [0.2, 0.25) is 0 Å². The number of rotatable bonds is 5. The van der Waals surface area contributed by atoms with Crippen LogP contribution in [0.3, 0.4) is 0 Å². The van der Waals surface area contributed by atoms with Gasteiger partial charge < -0.3 is 4.90 Å². The van der Waals surface area contributed by atoms with E-state index in [1.165, 1.54) is 24.9 Å². The molecule has 1 saturated carbocycles. The number of benzene rings is 1. The van der Waals surface area contributed by atoms with Crippen LogP contribution in [0.1, 0.15) is 71.8 Å². The first-order chi connectivity index (χ1) is 12.7. The van der Waals surface area contributed by atoms with Gasteiger partial charge in [-0.3, -0.25) is 4.90 Å². The van der Waals surface area contributed by atoms with Crippen LogP contribution in [0.15, 0.2) is 24.3 Å². The topological polar surface area (TPSA) is 6.48 Å². The van der Waals surface area contributed by atoms with E-state index in [4.69, 9.17) is 0 Å². The van der Waals surface area contributed by atoms with Gasteiger partial charge in [0, 0.05) is 38.4 Å².